The number of aryl methyl sites for hydroxylation is 1. The van der Waals surface area contributed by atoms with E-state index >= 15 is 0 Å². The predicted molar refractivity (Wildman–Crippen MR) is 69.2 cm³/mol. The molecular weight excluding hydrogens is 220 g/mol. The number of amides is 1. The minimum absolute atomic E-state index is 0.140. The van der Waals surface area contributed by atoms with Crippen molar-refractivity contribution in [1.29, 1.82) is 0 Å². The molecule has 1 aromatic rings. The molecule has 0 aliphatic heterocycles. The lowest BCUT2D eigenvalue weighted by Crippen LogP contribution is -2.28. The number of nitrogens with zero attached hydrogens (tertiary/aromatic N) is 1. The first-order chi connectivity index (χ1) is 7.69. The molecule has 3 nitrogen and oxygen atoms in total. The molecule has 0 unspecified atom stereocenters. The second-order valence-corrected chi connectivity index (χ2v) is 4.97. The highest BCUT2D eigenvalue weighted by Gasteiger charge is 2.13. The van der Waals surface area contributed by atoms with Crippen molar-refractivity contribution in [3.8, 4) is 0 Å². The smallest absolute Gasteiger partial charge is 0.263 e. The maximum absolute atomic E-state index is 12.0. The van der Waals surface area contributed by atoms with Crippen LogP contribution in [0, 0.1) is 0 Å². The van der Waals surface area contributed by atoms with Crippen LogP contribution in [-0.2, 0) is 6.42 Å². The summed E-state index contributed by atoms with van der Waals surface area (Å²) in [5.41, 5.74) is 0. The Morgan fingerprint density at radius 2 is 2.25 bits per heavy atom. The second kappa shape index (κ2) is 6.66. The van der Waals surface area contributed by atoms with Crippen molar-refractivity contribution in [3.63, 3.8) is 0 Å². The normalized spacial score (nSPS) is 10.4. The molecule has 0 radical (unpaired) electrons. The zero-order chi connectivity index (χ0) is 12.0. The molecule has 0 atom stereocenters. The SMILES string of the molecule is CCc1ccc(C(=O)N(C)CCCNC)s1. The van der Waals surface area contributed by atoms with Gasteiger partial charge in [-0.2, -0.15) is 0 Å². The molecule has 0 aliphatic carbocycles. The molecule has 4 heteroatoms. The minimum atomic E-state index is 0.140. The van der Waals surface area contributed by atoms with Gasteiger partial charge in [-0.1, -0.05) is 6.92 Å². The number of carbonyl (C=O) groups excluding carboxylic acids is 1. The van der Waals surface area contributed by atoms with Crippen LogP contribution in [0.25, 0.3) is 0 Å². The van der Waals surface area contributed by atoms with Gasteiger partial charge in [0.25, 0.3) is 5.91 Å². The van der Waals surface area contributed by atoms with E-state index in [1.54, 1.807) is 16.2 Å². The van der Waals surface area contributed by atoms with Crippen LogP contribution in [0.4, 0.5) is 0 Å². The first-order valence-corrected chi connectivity index (χ1v) is 6.49. The fourth-order valence-electron chi connectivity index (χ4n) is 1.47. The summed E-state index contributed by atoms with van der Waals surface area (Å²) in [4.78, 5) is 15.9. The number of carbonyl (C=O) groups is 1. The van der Waals surface area contributed by atoms with Crippen LogP contribution in [-0.4, -0.2) is 38.0 Å². The second-order valence-electron chi connectivity index (χ2n) is 3.80. The number of rotatable bonds is 6. The van der Waals surface area contributed by atoms with Crippen molar-refractivity contribution in [2.45, 2.75) is 19.8 Å². The van der Waals surface area contributed by atoms with Gasteiger partial charge < -0.3 is 10.2 Å². The zero-order valence-corrected chi connectivity index (χ0v) is 11.1. The van der Waals surface area contributed by atoms with Gasteiger partial charge in [0.05, 0.1) is 4.88 Å². The largest absolute Gasteiger partial charge is 0.341 e. The molecule has 1 rings (SSSR count). The Morgan fingerprint density at radius 3 is 2.81 bits per heavy atom. The topological polar surface area (TPSA) is 32.3 Å². The minimum Gasteiger partial charge on any atom is -0.341 e. The zero-order valence-electron chi connectivity index (χ0n) is 10.2. The highest BCUT2D eigenvalue weighted by Crippen LogP contribution is 2.18. The van der Waals surface area contributed by atoms with Crippen LogP contribution in [0.5, 0.6) is 0 Å². The lowest BCUT2D eigenvalue weighted by Gasteiger charge is -2.15. The fraction of sp³-hybridized carbons (Fsp3) is 0.583. The van der Waals surface area contributed by atoms with Crippen LogP contribution in [0.2, 0.25) is 0 Å². The number of nitrogens with one attached hydrogen (secondary N) is 1. The van der Waals surface area contributed by atoms with Crippen molar-refractivity contribution in [2.75, 3.05) is 27.2 Å². The van der Waals surface area contributed by atoms with E-state index in [4.69, 9.17) is 0 Å². The van der Waals surface area contributed by atoms with Crippen molar-refractivity contribution in [2.24, 2.45) is 0 Å². The van der Waals surface area contributed by atoms with Gasteiger partial charge in [0.15, 0.2) is 0 Å². The molecule has 0 aliphatic rings. The van der Waals surface area contributed by atoms with Crippen LogP contribution < -0.4 is 5.32 Å². The summed E-state index contributed by atoms with van der Waals surface area (Å²) in [6, 6.07) is 3.97. The Labute approximate surface area is 101 Å². The van der Waals surface area contributed by atoms with E-state index in [0.717, 1.165) is 30.8 Å². The average Bonchev–Trinajstić information content (AvgIpc) is 2.76. The van der Waals surface area contributed by atoms with Crippen molar-refractivity contribution in [1.82, 2.24) is 10.2 Å². The molecule has 1 aromatic heterocycles. The third-order valence-corrected chi connectivity index (χ3v) is 3.71. The van der Waals surface area contributed by atoms with Crippen LogP contribution >= 0.6 is 11.3 Å². The third-order valence-electron chi connectivity index (χ3n) is 2.49. The number of hydrogen-bond donors (Lipinski definition) is 1. The molecule has 1 heterocycles. The van der Waals surface area contributed by atoms with Gasteiger partial charge in [0.1, 0.15) is 0 Å². The van der Waals surface area contributed by atoms with Gasteiger partial charge in [-0.3, -0.25) is 4.79 Å². The first kappa shape index (κ1) is 13.2. The van der Waals surface area contributed by atoms with Crippen molar-refractivity contribution >= 4 is 17.2 Å². The van der Waals surface area contributed by atoms with Crippen LogP contribution in [0.15, 0.2) is 12.1 Å². The first-order valence-electron chi connectivity index (χ1n) is 5.67. The highest BCUT2D eigenvalue weighted by molar-refractivity contribution is 7.14. The molecule has 90 valence electrons. The van der Waals surface area contributed by atoms with E-state index in [1.807, 2.05) is 26.2 Å². The molecule has 1 amide bonds. The van der Waals surface area contributed by atoms with Gasteiger partial charge in [-0.25, -0.2) is 0 Å². The Balaban J connectivity index is 2.49. The third kappa shape index (κ3) is 3.61. The lowest BCUT2D eigenvalue weighted by atomic mass is 10.3. The van der Waals surface area contributed by atoms with Gasteiger partial charge in [-0.15, -0.1) is 11.3 Å². The predicted octanol–water partition coefficient (Wildman–Crippen LogP) is 1.99. The molecule has 0 saturated heterocycles. The van der Waals surface area contributed by atoms with Crippen LogP contribution in [0.3, 0.4) is 0 Å². The molecule has 0 fully saturated rings. The monoisotopic (exact) mass is 240 g/mol. The summed E-state index contributed by atoms with van der Waals surface area (Å²) in [5, 5.41) is 3.08. The Bertz CT molecular complexity index is 336. The van der Waals surface area contributed by atoms with Gasteiger partial charge >= 0.3 is 0 Å². The Hall–Kier alpha value is -0.870. The van der Waals surface area contributed by atoms with E-state index in [1.165, 1.54) is 4.88 Å². The van der Waals surface area contributed by atoms with E-state index in [0.29, 0.717) is 0 Å². The van der Waals surface area contributed by atoms with Crippen LogP contribution in [0.1, 0.15) is 27.9 Å². The van der Waals surface area contributed by atoms with E-state index < -0.39 is 0 Å². The molecule has 1 N–H and O–H groups in total. The van der Waals surface area contributed by atoms with Gasteiger partial charge in [0.2, 0.25) is 0 Å². The number of thiophene rings is 1. The van der Waals surface area contributed by atoms with Crippen molar-refractivity contribution < 1.29 is 4.79 Å². The summed E-state index contributed by atoms with van der Waals surface area (Å²) >= 11 is 1.60. The van der Waals surface area contributed by atoms with E-state index in [2.05, 4.69) is 12.2 Å². The van der Waals surface area contributed by atoms with Gasteiger partial charge in [-0.05, 0) is 38.6 Å². The Kier molecular flexibility index (Phi) is 5.49. The molecule has 0 saturated carbocycles. The summed E-state index contributed by atoms with van der Waals surface area (Å²) in [6.45, 7) is 3.86. The molecule has 0 spiro atoms. The highest BCUT2D eigenvalue weighted by atomic mass is 32.1. The Morgan fingerprint density at radius 1 is 1.50 bits per heavy atom. The van der Waals surface area contributed by atoms with Crippen molar-refractivity contribution in [3.05, 3.63) is 21.9 Å². The van der Waals surface area contributed by atoms with Gasteiger partial charge in [0, 0.05) is 18.5 Å². The molecule has 16 heavy (non-hydrogen) atoms. The average molecular weight is 240 g/mol. The lowest BCUT2D eigenvalue weighted by molar-refractivity contribution is 0.0798. The summed E-state index contributed by atoms with van der Waals surface area (Å²) in [6.07, 6.45) is 1.99. The summed E-state index contributed by atoms with van der Waals surface area (Å²) in [5.74, 6) is 0.140. The summed E-state index contributed by atoms with van der Waals surface area (Å²) in [7, 11) is 3.79. The standard InChI is InChI=1S/C12H20N2OS/c1-4-10-6-7-11(16-10)12(15)14(3)9-5-8-13-2/h6-7,13H,4-5,8-9H2,1-3H3. The quantitative estimate of drug-likeness (QED) is 0.771. The summed E-state index contributed by atoms with van der Waals surface area (Å²) < 4.78 is 0. The maximum atomic E-state index is 12.0. The van der Waals surface area contributed by atoms with E-state index in [-0.39, 0.29) is 5.91 Å². The molecular formula is C12H20N2OS. The molecule has 0 bridgehead atoms. The van der Waals surface area contributed by atoms with E-state index in [9.17, 15) is 4.79 Å². The maximum Gasteiger partial charge on any atom is 0.263 e. The number of hydrogen-bond acceptors (Lipinski definition) is 3. The fourth-order valence-corrected chi connectivity index (χ4v) is 2.41. The molecule has 0 aromatic carbocycles.